The Morgan fingerprint density at radius 3 is 2.79 bits per heavy atom. The standard InChI is InChI=1S/C18H16N4O6/c1-11(23)14-9-12-3-2-4-13(16(12)27-14)28-18-15(22(24)25)17(19-10-20-18)21-5-7-26-8-6-21/h2-4,9-10H,5-8H2,1H3. The van der Waals surface area contributed by atoms with Crippen molar-refractivity contribution >= 4 is 28.3 Å². The quantitative estimate of drug-likeness (QED) is 0.371. The monoisotopic (exact) mass is 384 g/mol. The van der Waals surface area contributed by atoms with E-state index in [2.05, 4.69) is 9.97 Å². The summed E-state index contributed by atoms with van der Waals surface area (Å²) in [6.07, 6.45) is 1.22. The van der Waals surface area contributed by atoms with Gasteiger partial charge in [-0.1, -0.05) is 12.1 Å². The average molecular weight is 384 g/mol. The number of nitro groups is 1. The number of anilines is 1. The zero-order valence-electron chi connectivity index (χ0n) is 15.0. The van der Waals surface area contributed by atoms with E-state index in [4.69, 9.17) is 13.9 Å². The summed E-state index contributed by atoms with van der Waals surface area (Å²) in [5, 5.41) is 12.4. The molecule has 0 atom stereocenters. The fourth-order valence-electron chi connectivity index (χ4n) is 2.99. The summed E-state index contributed by atoms with van der Waals surface area (Å²) in [6.45, 7) is 3.26. The molecule has 0 spiro atoms. The number of hydrogen-bond acceptors (Lipinski definition) is 9. The maximum Gasteiger partial charge on any atom is 0.373 e. The van der Waals surface area contributed by atoms with Crippen LogP contribution in [0.3, 0.4) is 0 Å². The summed E-state index contributed by atoms with van der Waals surface area (Å²) >= 11 is 0. The first-order chi connectivity index (χ1) is 13.5. The van der Waals surface area contributed by atoms with Gasteiger partial charge in [0.05, 0.1) is 18.1 Å². The number of carbonyl (C=O) groups is 1. The molecule has 1 aliphatic heterocycles. The second-order valence-corrected chi connectivity index (χ2v) is 6.15. The van der Waals surface area contributed by atoms with E-state index in [-0.39, 0.29) is 34.7 Å². The van der Waals surface area contributed by atoms with Crippen molar-refractivity contribution in [1.82, 2.24) is 9.97 Å². The number of fused-ring (bicyclic) bond motifs is 1. The molecule has 0 amide bonds. The lowest BCUT2D eigenvalue weighted by Crippen LogP contribution is -2.37. The third-order valence-electron chi connectivity index (χ3n) is 4.32. The van der Waals surface area contributed by atoms with Gasteiger partial charge in [-0.15, -0.1) is 0 Å². The molecule has 3 aromatic rings. The lowest BCUT2D eigenvalue weighted by molar-refractivity contribution is -0.385. The van der Waals surface area contributed by atoms with Gasteiger partial charge < -0.3 is 18.8 Å². The van der Waals surface area contributed by atoms with Crippen molar-refractivity contribution in [1.29, 1.82) is 0 Å². The highest BCUT2D eigenvalue weighted by Gasteiger charge is 2.30. The number of ketones is 1. The molecule has 0 bridgehead atoms. The molecule has 10 nitrogen and oxygen atoms in total. The molecule has 4 rings (SSSR count). The third-order valence-corrected chi connectivity index (χ3v) is 4.32. The molecular weight excluding hydrogens is 368 g/mol. The number of hydrogen-bond donors (Lipinski definition) is 0. The number of furan rings is 1. The summed E-state index contributed by atoms with van der Waals surface area (Å²) in [7, 11) is 0. The topological polar surface area (TPSA) is 121 Å². The van der Waals surface area contributed by atoms with E-state index >= 15 is 0 Å². The van der Waals surface area contributed by atoms with Crippen LogP contribution < -0.4 is 9.64 Å². The van der Waals surface area contributed by atoms with Gasteiger partial charge in [-0.05, 0) is 12.1 Å². The fourth-order valence-corrected chi connectivity index (χ4v) is 2.99. The largest absolute Gasteiger partial charge is 0.449 e. The third kappa shape index (κ3) is 3.25. The summed E-state index contributed by atoms with van der Waals surface area (Å²) < 4.78 is 16.6. The molecule has 0 N–H and O–H groups in total. The van der Waals surface area contributed by atoms with Crippen LogP contribution in [0, 0.1) is 10.1 Å². The second-order valence-electron chi connectivity index (χ2n) is 6.15. The molecule has 1 aliphatic rings. The minimum absolute atomic E-state index is 0.175. The van der Waals surface area contributed by atoms with Crippen molar-refractivity contribution in [3.05, 3.63) is 46.5 Å². The van der Waals surface area contributed by atoms with E-state index in [1.165, 1.54) is 13.3 Å². The van der Waals surface area contributed by atoms with Gasteiger partial charge in [0.2, 0.25) is 5.82 Å². The number of Topliss-reactive ketones (excluding diaryl/α,β-unsaturated/α-hetero) is 1. The van der Waals surface area contributed by atoms with Gasteiger partial charge in [0.15, 0.2) is 22.9 Å². The van der Waals surface area contributed by atoms with Gasteiger partial charge in [-0.25, -0.2) is 4.98 Å². The van der Waals surface area contributed by atoms with Gasteiger partial charge in [-0.3, -0.25) is 14.9 Å². The van der Waals surface area contributed by atoms with Crippen LogP contribution in [-0.2, 0) is 4.74 Å². The molecule has 0 unspecified atom stereocenters. The van der Waals surface area contributed by atoms with E-state index in [1.54, 1.807) is 29.2 Å². The van der Waals surface area contributed by atoms with Crippen molar-refractivity contribution < 1.29 is 23.6 Å². The summed E-state index contributed by atoms with van der Waals surface area (Å²) in [4.78, 5) is 32.6. The Balaban J connectivity index is 1.77. The molecule has 10 heteroatoms. The van der Waals surface area contributed by atoms with Crippen LogP contribution in [0.2, 0.25) is 0 Å². The molecule has 144 valence electrons. The Labute approximate surface area is 158 Å². The summed E-state index contributed by atoms with van der Waals surface area (Å²) in [5.41, 5.74) is -0.0201. The highest BCUT2D eigenvalue weighted by Crippen LogP contribution is 2.38. The summed E-state index contributed by atoms with van der Waals surface area (Å²) in [6, 6.07) is 6.65. The van der Waals surface area contributed by atoms with Crippen LogP contribution in [0.25, 0.3) is 11.0 Å². The van der Waals surface area contributed by atoms with Crippen molar-refractivity contribution in [3.8, 4) is 11.6 Å². The van der Waals surface area contributed by atoms with Crippen LogP contribution in [-0.4, -0.2) is 47.0 Å². The van der Waals surface area contributed by atoms with Gasteiger partial charge in [-0.2, -0.15) is 4.98 Å². The first kappa shape index (κ1) is 17.9. The number of aromatic nitrogens is 2. The molecule has 3 heterocycles. The molecule has 0 radical (unpaired) electrons. The number of morpholine rings is 1. The molecule has 1 fully saturated rings. The molecule has 1 saturated heterocycles. The van der Waals surface area contributed by atoms with E-state index in [0.29, 0.717) is 37.3 Å². The maximum atomic E-state index is 11.8. The first-order valence-electron chi connectivity index (χ1n) is 8.58. The highest BCUT2D eigenvalue weighted by atomic mass is 16.6. The average Bonchev–Trinajstić information content (AvgIpc) is 3.14. The number of carbonyl (C=O) groups excluding carboxylic acids is 1. The van der Waals surface area contributed by atoms with E-state index in [0.717, 1.165) is 0 Å². The van der Waals surface area contributed by atoms with Crippen molar-refractivity contribution in [2.45, 2.75) is 6.92 Å². The van der Waals surface area contributed by atoms with Crippen LogP contribution in [0.1, 0.15) is 17.5 Å². The zero-order chi connectivity index (χ0) is 19.7. The Bertz CT molecular complexity index is 1060. The van der Waals surface area contributed by atoms with Crippen LogP contribution in [0.15, 0.2) is 35.0 Å². The van der Waals surface area contributed by atoms with E-state index in [1.807, 2.05) is 0 Å². The van der Waals surface area contributed by atoms with Crippen LogP contribution in [0.5, 0.6) is 11.6 Å². The van der Waals surface area contributed by atoms with Crippen molar-refractivity contribution in [2.24, 2.45) is 0 Å². The van der Waals surface area contributed by atoms with Gasteiger partial charge in [0.1, 0.15) is 6.33 Å². The Kier molecular flexibility index (Phi) is 4.62. The van der Waals surface area contributed by atoms with Crippen molar-refractivity contribution in [2.75, 3.05) is 31.2 Å². The number of ether oxygens (including phenoxy) is 2. The Hall–Kier alpha value is -3.53. The van der Waals surface area contributed by atoms with Crippen LogP contribution in [0.4, 0.5) is 11.5 Å². The Morgan fingerprint density at radius 1 is 1.29 bits per heavy atom. The molecule has 2 aromatic heterocycles. The van der Waals surface area contributed by atoms with E-state index in [9.17, 15) is 14.9 Å². The minimum atomic E-state index is -0.566. The predicted molar refractivity (Wildman–Crippen MR) is 98.0 cm³/mol. The lowest BCUT2D eigenvalue weighted by atomic mass is 10.2. The zero-order valence-corrected chi connectivity index (χ0v) is 15.0. The lowest BCUT2D eigenvalue weighted by Gasteiger charge is -2.27. The molecule has 0 aliphatic carbocycles. The summed E-state index contributed by atoms with van der Waals surface area (Å²) in [5.74, 6) is 0.144. The predicted octanol–water partition coefficient (Wildman–Crippen LogP) is 2.96. The number of para-hydroxylation sites is 1. The van der Waals surface area contributed by atoms with E-state index < -0.39 is 4.92 Å². The Morgan fingerprint density at radius 2 is 2.07 bits per heavy atom. The first-order valence-corrected chi connectivity index (χ1v) is 8.58. The van der Waals surface area contributed by atoms with Crippen LogP contribution >= 0.6 is 0 Å². The van der Waals surface area contributed by atoms with Gasteiger partial charge >= 0.3 is 11.6 Å². The SMILES string of the molecule is CC(=O)c1cc2cccc(Oc3ncnc(N4CCOCC4)c3[N+](=O)[O-])c2o1. The van der Waals surface area contributed by atoms with Gasteiger partial charge in [0, 0.05) is 25.4 Å². The normalized spacial score (nSPS) is 14.2. The smallest absolute Gasteiger partial charge is 0.373 e. The number of rotatable bonds is 5. The molecular formula is C18H16N4O6. The molecule has 0 saturated carbocycles. The highest BCUT2D eigenvalue weighted by molar-refractivity contribution is 5.97. The molecule has 1 aromatic carbocycles. The molecule has 28 heavy (non-hydrogen) atoms. The van der Waals surface area contributed by atoms with Gasteiger partial charge in [0.25, 0.3) is 0 Å². The van der Waals surface area contributed by atoms with Crippen molar-refractivity contribution in [3.63, 3.8) is 0 Å². The fraction of sp³-hybridized carbons (Fsp3) is 0.278. The number of nitrogens with zero attached hydrogens (tertiary/aromatic N) is 4. The maximum absolute atomic E-state index is 11.8. The minimum Gasteiger partial charge on any atom is -0.449 e. The number of benzene rings is 1. The second kappa shape index (κ2) is 7.24.